The molecule has 198 valence electrons. The van der Waals surface area contributed by atoms with Crippen molar-refractivity contribution in [3.63, 3.8) is 0 Å². The smallest absolute Gasteiger partial charge is 0.340 e. The topological polar surface area (TPSA) is 142 Å². The van der Waals surface area contributed by atoms with Gasteiger partial charge in [0.2, 0.25) is 0 Å². The van der Waals surface area contributed by atoms with Crippen LogP contribution in [0, 0.1) is 6.92 Å². The highest BCUT2D eigenvalue weighted by molar-refractivity contribution is 6.31. The fourth-order valence-corrected chi connectivity index (χ4v) is 4.92. The van der Waals surface area contributed by atoms with Crippen LogP contribution in [-0.2, 0) is 19.7 Å². The van der Waals surface area contributed by atoms with Crippen LogP contribution in [0.1, 0.15) is 52.6 Å². The van der Waals surface area contributed by atoms with E-state index in [4.69, 9.17) is 9.47 Å². The van der Waals surface area contributed by atoms with Crippen molar-refractivity contribution in [3.8, 4) is 17.2 Å². The Labute approximate surface area is 219 Å². The molecular weight excluding hydrogens is 492 g/mol. The molecule has 1 aliphatic carbocycles. The Morgan fingerprint density at radius 1 is 1.11 bits per heavy atom. The monoisotopic (exact) mass is 520 g/mol. The number of ether oxygens (including phenoxy) is 2. The van der Waals surface area contributed by atoms with Gasteiger partial charge in [-0.25, -0.2) is 4.79 Å². The summed E-state index contributed by atoms with van der Waals surface area (Å²) < 4.78 is 10.7. The van der Waals surface area contributed by atoms with Crippen LogP contribution in [0.25, 0.3) is 0 Å². The number of hydrogen-bond acceptors (Lipinski definition) is 10. The number of anilines is 2. The summed E-state index contributed by atoms with van der Waals surface area (Å²) in [5.74, 6) is -3.43. The van der Waals surface area contributed by atoms with E-state index in [1.54, 1.807) is 44.1 Å². The second-order valence-electron chi connectivity index (χ2n) is 9.63. The van der Waals surface area contributed by atoms with Crippen LogP contribution in [0.15, 0.2) is 41.3 Å². The Hall–Kier alpha value is -4.60. The molecule has 0 unspecified atom stereocenters. The molecule has 2 aromatic carbocycles. The van der Waals surface area contributed by atoms with E-state index in [1.165, 1.54) is 27.9 Å². The zero-order chi connectivity index (χ0) is 28.3. The average molecular weight is 521 g/mol. The van der Waals surface area contributed by atoms with Crippen molar-refractivity contribution < 1.29 is 38.9 Å². The third kappa shape index (κ3) is 3.71. The third-order valence-electron chi connectivity index (χ3n) is 6.98. The molecule has 4 rings (SSSR count). The van der Waals surface area contributed by atoms with Gasteiger partial charge in [0.05, 0.1) is 29.5 Å². The van der Waals surface area contributed by atoms with Crippen molar-refractivity contribution in [2.24, 2.45) is 0 Å². The molecule has 0 saturated carbocycles. The van der Waals surface area contributed by atoms with Gasteiger partial charge in [-0.2, -0.15) is 0 Å². The van der Waals surface area contributed by atoms with Crippen LogP contribution >= 0.6 is 0 Å². The minimum Gasteiger partial charge on any atom is -0.507 e. The van der Waals surface area contributed by atoms with E-state index in [0.717, 1.165) is 6.08 Å². The van der Waals surface area contributed by atoms with E-state index < -0.39 is 40.2 Å². The lowest BCUT2D eigenvalue weighted by Gasteiger charge is -2.29. The molecule has 10 nitrogen and oxygen atoms in total. The van der Waals surface area contributed by atoms with E-state index in [9.17, 15) is 29.4 Å². The number of rotatable bonds is 5. The predicted molar refractivity (Wildman–Crippen MR) is 139 cm³/mol. The first kappa shape index (κ1) is 26.5. The number of hydrogen-bond donors (Lipinski definition) is 3. The first-order valence-corrected chi connectivity index (χ1v) is 11.7. The normalized spacial score (nSPS) is 19.2. The zero-order valence-electron chi connectivity index (χ0n) is 22.1. The SMILES string of the molecule is COC(=O)c1cc(N/C(C)=C2\C(=O)C=C3Oc4c(C(C)=O)c(O)c(C)c(O)c4[C@@]3(C)C2=O)ccc1N(C)C. The second kappa shape index (κ2) is 9.05. The molecule has 2 aromatic rings. The largest absolute Gasteiger partial charge is 0.507 e. The molecule has 0 spiro atoms. The highest BCUT2D eigenvalue weighted by atomic mass is 16.5. The number of aromatic hydroxyl groups is 2. The number of phenolic OH excluding ortho intramolecular Hbond substituents is 2. The molecule has 38 heavy (non-hydrogen) atoms. The number of nitrogens with zero attached hydrogens (tertiary/aromatic N) is 1. The van der Waals surface area contributed by atoms with Gasteiger partial charge in [-0.1, -0.05) is 0 Å². The fraction of sp³-hybridized carbons (Fsp3) is 0.286. The minimum atomic E-state index is -1.62. The number of allylic oxidation sites excluding steroid dienone is 4. The minimum absolute atomic E-state index is 0.00960. The molecule has 0 radical (unpaired) electrons. The van der Waals surface area contributed by atoms with Crippen LogP contribution in [-0.4, -0.2) is 54.7 Å². The van der Waals surface area contributed by atoms with Gasteiger partial charge in [0.25, 0.3) is 0 Å². The first-order valence-electron chi connectivity index (χ1n) is 11.7. The van der Waals surface area contributed by atoms with Gasteiger partial charge >= 0.3 is 5.97 Å². The molecule has 1 heterocycles. The molecule has 2 aliphatic rings. The Morgan fingerprint density at radius 3 is 2.34 bits per heavy atom. The van der Waals surface area contributed by atoms with Gasteiger partial charge in [-0.3, -0.25) is 14.4 Å². The van der Waals surface area contributed by atoms with Gasteiger partial charge in [0, 0.05) is 37.1 Å². The van der Waals surface area contributed by atoms with Gasteiger partial charge in [0.15, 0.2) is 17.3 Å². The van der Waals surface area contributed by atoms with Crippen molar-refractivity contribution in [2.75, 3.05) is 31.4 Å². The summed E-state index contributed by atoms with van der Waals surface area (Å²) in [4.78, 5) is 53.5. The molecule has 0 amide bonds. The molecular formula is C28H28N2O8. The van der Waals surface area contributed by atoms with E-state index >= 15 is 0 Å². The molecule has 3 N–H and O–H groups in total. The highest BCUT2D eigenvalue weighted by Crippen LogP contribution is 2.57. The van der Waals surface area contributed by atoms with Gasteiger partial charge < -0.3 is 29.9 Å². The lowest BCUT2D eigenvalue weighted by atomic mass is 9.70. The summed E-state index contributed by atoms with van der Waals surface area (Å²) >= 11 is 0. The summed E-state index contributed by atoms with van der Waals surface area (Å²) in [5.41, 5.74) is -0.412. The number of methoxy groups -OCH3 is 1. The van der Waals surface area contributed by atoms with Gasteiger partial charge in [0.1, 0.15) is 34.0 Å². The molecule has 0 fully saturated rings. The Balaban J connectivity index is 1.85. The molecule has 10 heteroatoms. The summed E-state index contributed by atoms with van der Waals surface area (Å²) in [6.07, 6.45) is 1.15. The molecule has 1 aliphatic heterocycles. The van der Waals surface area contributed by atoms with E-state index in [2.05, 4.69) is 5.32 Å². The molecule has 0 saturated heterocycles. The van der Waals surface area contributed by atoms with Gasteiger partial charge in [-0.15, -0.1) is 0 Å². The van der Waals surface area contributed by atoms with Crippen molar-refractivity contribution in [1.82, 2.24) is 0 Å². The fourth-order valence-electron chi connectivity index (χ4n) is 4.92. The first-order chi connectivity index (χ1) is 17.7. The van der Waals surface area contributed by atoms with Crippen molar-refractivity contribution in [2.45, 2.75) is 33.1 Å². The summed E-state index contributed by atoms with van der Waals surface area (Å²) in [7, 11) is 4.83. The van der Waals surface area contributed by atoms with E-state index in [-0.39, 0.29) is 45.0 Å². The molecule has 0 bridgehead atoms. The lowest BCUT2D eigenvalue weighted by molar-refractivity contribution is -0.123. The number of phenols is 2. The summed E-state index contributed by atoms with van der Waals surface area (Å²) in [6, 6.07) is 4.95. The van der Waals surface area contributed by atoms with E-state index in [1.807, 2.05) is 0 Å². The maximum absolute atomic E-state index is 13.9. The number of ketones is 3. The third-order valence-corrected chi connectivity index (χ3v) is 6.98. The van der Waals surface area contributed by atoms with Crippen molar-refractivity contribution in [1.29, 1.82) is 0 Å². The Bertz CT molecular complexity index is 1520. The van der Waals surface area contributed by atoms with E-state index in [0.29, 0.717) is 11.4 Å². The van der Waals surface area contributed by atoms with Gasteiger partial charge in [-0.05, 0) is 45.9 Å². The number of nitrogens with one attached hydrogen (secondary N) is 1. The maximum atomic E-state index is 13.9. The Kier molecular flexibility index (Phi) is 6.30. The van der Waals surface area contributed by atoms with Crippen LogP contribution in [0.5, 0.6) is 17.2 Å². The lowest BCUT2D eigenvalue weighted by Crippen LogP contribution is -2.40. The number of benzene rings is 2. The Morgan fingerprint density at radius 2 is 1.76 bits per heavy atom. The standard InChI is InChI=1S/C28H28N2O8/c1-12-23(33)21(14(3)31)25-22(24(12)34)28(4)19(38-25)11-18(32)20(26(28)35)13(2)29-15-8-9-17(30(5)6)16(10-15)27(36)37-7/h8-11,29,33-34H,1-7H3/b20-13+/t28-/m0/s1. The average Bonchev–Trinajstić information content (AvgIpc) is 3.14. The summed E-state index contributed by atoms with van der Waals surface area (Å²) in [6.45, 7) is 5.68. The number of Topliss-reactive ketones (excluding diaryl/α,β-unsaturated/α-hetero) is 2. The number of carbonyl (C=O) groups is 4. The number of esters is 1. The zero-order valence-corrected chi connectivity index (χ0v) is 22.1. The van der Waals surface area contributed by atoms with Crippen LogP contribution < -0.4 is 15.0 Å². The van der Waals surface area contributed by atoms with Crippen molar-refractivity contribution >= 4 is 34.7 Å². The summed E-state index contributed by atoms with van der Waals surface area (Å²) in [5, 5.41) is 24.5. The van der Waals surface area contributed by atoms with Crippen LogP contribution in [0.4, 0.5) is 11.4 Å². The highest BCUT2D eigenvalue weighted by Gasteiger charge is 2.56. The van der Waals surface area contributed by atoms with Crippen LogP contribution in [0.3, 0.4) is 0 Å². The number of fused-ring (bicyclic) bond motifs is 3. The second-order valence-corrected chi connectivity index (χ2v) is 9.63. The predicted octanol–water partition coefficient (Wildman–Crippen LogP) is 3.53. The van der Waals surface area contributed by atoms with Crippen molar-refractivity contribution in [3.05, 3.63) is 63.6 Å². The van der Waals surface area contributed by atoms with Crippen LogP contribution in [0.2, 0.25) is 0 Å². The maximum Gasteiger partial charge on any atom is 0.340 e. The quantitative estimate of drug-likeness (QED) is 0.232. The number of carbonyl (C=O) groups excluding carboxylic acids is 4. The molecule has 0 aromatic heterocycles. The molecule has 1 atom stereocenters.